The van der Waals surface area contributed by atoms with E-state index in [2.05, 4.69) is 26.2 Å². The fraction of sp³-hybridized carbons (Fsp3) is 0.364. The van der Waals surface area contributed by atoms with Gasteiger partial charge in [-0.3, -0.25) is 4.79 Å². The van der Waals surface area contributed by atoms with Gasteiger partial charge in [-0.1, -0.05) is 19.4 Å². The van der Waals surface area contributed by atoms with Gasteiger partial charge in [0.15, 0.2) is 0 Å². The Hall–Kier alpha value is -1.43. The van der Waals surface area contributed by atoms with Gasteiger partial charge in [0.25, 0.3) is 5.91 Å². The maximum atomic E-state index is 11.7. The van der Waals surface area contributed by atoms with Gasteiger partial charge < -0.3 is 10.4 Å². The molecule has 0 spiro atoms. The first-order valence-electron chi connectivity index (χ1n) is 5.20. The number of hydrogen-bond acceptors (Lipinski definition) is 3. The predicted octanol–water partition coefficient (Wildman–Crippen LogP) is 1.83. The average molecular weight is 301 g/mol. The van der Waals surface area contributed by atoms with E-state index in [4.69, 9.17) is 5.11 Å². The van der Waals surface area contributed by atoms with Crippen LogP contribution in [0.25, 0.3) is 0 Å². The minimum atomic E-state index is -1.03. The first-order chi connectivity index (χ1) is 8.04. The Morgan fingerprint density at radius 2 is 2.24 bits per heavy atom. The average Bonchev–Trinajstić information content (AvgIpc) is 2.28. The molecule has 0 aromatic carbocycles. The Balaban J connectivity index is 2.73. The summed E-state index contributed by atoms with van der Waals surface area (Å²) in [4.78, 5) is 26.6. The van der Waals surface area contributed by atoms with Crippen LogP contribution in [0, 0.1) is 0 Å². The molecule has 0 aliphatic carbocycles. The van der Waals surface area contributed by atoms with Gasteiger partial charge in [-0.05, 0) is 34.5 Å². The molecule has 0 bridgehead atoms. The van der Waals surface area contributed by atoms with Crippen LogP contribution in [-0.2, 0) is 4.79 Å². The second-order valence-electron chi connectivity index (χ2n) is 3.50. The molecule has 0 radical (unpaired) electrons. The summed E-state index contributed by atoms with van der Waals surface area (Å²) in [6, 6.07) is 4.03. The normalized spacial score (nSPS) is 11.9. The highest BCUT2D eigenvalue weighted by Crippen LogP contribution is 2.07. The summed E-state index contributed by atoms with van der Waals surface area (Å²) in [6.45, 7) is 1.86. The van der Waals surface area contributed by atoms with Crippen molar-refractivity contribution in [3.8, 4) is 0 Å². The van der Waals surface area contributed by atoms with Crippen molar-refractivity contribution in [1.82, 2.24) is 10.3 Å². The van der Waals surface area contributed by atoms with Gasteiger partial charge in [0.2, 0.25) is 0 Å². The molecule has 0 aliphatic heterocycles. The van der Waals surface area contributed by atoms with Crippen molar-refractivity contribution in [2.75, 3.05) is 0 Å². The van der Waals surface area contributed by atoms with Gasteiger partial charge in [-0.25, -0.2) is 9.78 Å². The lowest BCUT2D eigenvalue weighted by molar-refractivity contribution is -0.139. The molecule has 1 aromatic rings. The van der Waals surface area contributed by atoms with Gasteiger partial charge in [-0.15, -0.1) is 0 Å². The van der Waals surface area contributed by atoms with Crippen molar-refractivity contribution >= 4 is 27.8 Å². The number of pyridine rings is 1. The Morgan fingerprint density at radius 1 is 1.53 bits per heavy atom. The lowest BCUT2D eigenvalue weighted by atomic mass is 10.1. The number of hydrogen-bond donors (Lipinski definition) is 2. The third-order valence-corrected chi connectivity index (χ3v) is 2.57. The van der Waals surface area contributed by atoms with E-state index in [1.165, 1.54) is 6.07 Å². The van der Waals surface area contributed by atoms with E-state index in [9.17, 15) is 9.59 Å². The zero-order chi connectivity index (χ0) is 12.8. The number of aromatic nitrogens is 1. The first kappa shape index (κ1) is 13.6. The number of carboxylic acids is 1. The van der Waals surface area contributed by atoms with Gasteiger partial charge in [0.05, 0.1) is 0 Å². The van der Waals surface area contributed by atoms with Crippen LogP contribution in [-0.4, -0.2) is 28.0 Å². The number of carboxylic acid groups (broad SMARTS) is 1. The van der Waals surface area contributed by atoms with E-state index in [0.717, 1.165) is 0 Å². The molecule has 2 N–H and O–H groups in total. The summed E-state index contributed by atoms with van der Waals surface area (Å²) in [7, 11) is 0. The highest BCUT2D eigenvalue weighted by atomic mass is 79.9. The first-order valence-corrected chi connectivity index (χ1v) is 6.00. The zero-order valence-corrected chi connectivity index (χ0v) is 10.9. The molecule has 6 heteroatoms. The maximum absolute atomic E-state index is 11.7. The molecule has 17 heavy (non-hydrogen) atoms. The number of carbonyl (C=O) groups excluding carboxylic acids is 1. The Kier molecular flexibility index (Phi) is 5.09. The number of aliphatic carboxylic acids is 1. The molecule has 92 valence electrons. The number of carbonyl (C=O) groups is 2. The second-order valence-corrected chi connectivity index (χ2v) is 4.31. The molecule has 0 fully saturated rings. The van der Waals surface area contributed by atoms with Crippen LogP contribution >= 0.6 is 15.9 Å². The largest absolute Gasteiger partial charge is 0.480 e. The van der Waals surface area contributed by atoms with E-state index in [0.29, 0.717) is 17.4 Å². The van der Waals surface area contributed by atoms with Crippen LogP contribution in [0.5, 0.6) is 0 Å². The van der Waals surface area contributed by atoms with Crippen molar-refractivity contribution in [3.05, 3.63) is 28.5 Å². The van der Waals surface area contributed by atoms with E-state index < -0.39 is 17.9 Å². The van der Waals surface area contributed by atoms with E-state index in [1.807, 2.05) is 6.92 Å². The molecule has 5 nitrogen and oxygen atoms in total. The van der Waals surface area contributed by atoms with Crippen LogP contribution in [0.4, 0.5) is 0 Å². The second kappa shape index (κ2) is 6.34. The molecule has 1 rings (SSSR count). The molecule has 1 aromatic heterocycles. The fourth-order valence-corrected chi connectivity index (χ4v) is 1.66. The standard InChI is InChI=1S/C11H13BrN2O3/c1-2-4-8(11(16)17)14-10(15)7-5-3-6-9(12)13-7/h3,5-6,8H,2,4H2,1H3,(H,14,15)(H,16,17)/t8-/m1/s1. The summed E-state index contributed by atoms with van der Waals surface area (Å²) in [5.74, 6) is -1.51. The molecule has 1 heterocycles. The quantitative estimate of drug-likeness (QED) is 0.813. The Bertz CT molecular complexity index is 423. The van der Waals surface area contributed by atoms with Gasteiger partial charge in [0.1, 0.15) is 16.3 Å². The highest BCUT2D eigenvalue weighted by Gasteiger charge is 2.20. The van der Waals surface area contributed by atoms with E-state index in [-0.39, 0.29) is 5.69 Å². The van der Waals surface area contributed by atoms with Gasteiger partial charge >= 0.3 is 5.97 Å². The van der Waals surface area contributed by atoms with Gasteiger partial charge in [0, 0.05) is 0 Å². The lowest BCUT2D eigenvalue weighted by Gasteiger charge is -2.12. The van der Waals surface area contributed by atoms with Crippen molar-refractivity contribution in [2.24, 2.45) is 0 Å². The Labute approximate surface area is 107 Å². The Morgan fingerprint density at radius 3 is 2.76 bits per heavy atom. The SMILES string of the molecule is CCC[C@@H](NC(=O)c1cccc(Br)n1)C(=O)O. The molecule has 0 saturated carbocycles. The van der Waals surface area contributed by atoms with Crippen LogP contribution in [0.2, 0.25) is 0 Å². The van der Waals surface area contributed by atoms with Crippen molar-refractivity contribution in [1.29, 1.82) is 0 Å². The molecular formula is C11H13BrN2O3. The van der Waals surface area contributed by atoms with Crippen molar-refractivity contribution < 1.29 is 14.7 Å². The number of halogens is 1. The smallest absolute Gasteiger partial charge is 0.326 e. The minimum absolute atomic E-state index is 0.196. The summed E-state index contributed by atoms with van der Waals surface area (Å²) >= 11 is 3.15. The molecule has 0 aliphatic rings. The van der Waals surface area contributed by atoms with Crippen LogP contribution in [0.3, 0.4) is 0 Å². The van der Waals surface area contributed by atoms with E-state index in [1.54, 1.807) is 12.1 Å². The minimum Gasteiger partial charge on any atom is -0.480 e. The molecular weight excluding hydrogens is 288 g/mol. The van der Waals surface area contributed by atoms with Crippen LogP contribution in [0.1, 0.15) is 30.3 Å². The number of rotatable bonds is 5. The molecule has 0 saturated heterocycles. The number of nitrogens with zero attached hydrogens (tertiary/aromatic N) is 1. The fourth-order valence-electron chi connectivity index (χ4n) is 1.31. The summed E-state index contributed by atoms with van der Waals surface area (Å²) in [5, 5.41) is 11.3. The highest BCUT2D eigenvalue weighted by molar-refractivity contribution is 9.10. The third kappa shape index (κ3) is 4.14. The summed E-state index contributed by atoms with van der Waals surface area (Å²) in [5.41, 5.74) is 0.196. The van der Waals surface area contributed by atoms with Gasteiger partial charge in [-0.2, -0.15) is 0 Å². The maximum Gasteiger partial charge on any atom is 0.326 e. The number of amides is 1. The molecule has 1 atom stereocenters. The van der Waals surface area contributed by atoms with Crippen molar-refractivity contribution in [2.45, 2.75) is 25.8 Å². The topological polar surface area (TPSA) is 79.3 Å². The summed E-state index contributed by atoms with van der Waals surface area (Å²) < 4.78 is 0.535. The monoisotopic (exact) mass is 300 g/mol. The third-order valence-electron chi connectivity index (χ3n) is 2.13. The molecule has 1 amide bonds. The van der Waals surface area contributed by atoms with Crippen LogP contribution in [0.15, 0.2) is 22.8 Å². The lowest BCUT2D eigenvalue weighted by Crippen LogP contribution is -2.40. The van der Waals surface area contributed by atoms with E-state index >= 15 is 0 Å². The number of nitrogens with one attached hydrogen (secondary N) is 1. The van der Waals surface area contributed by atoms with Crippen molar-refractivity contribution in [3.63, 3.8) is 0 Å². The summed E-state index contributed by atoms with van der Waals surface area (Å²) in [6.07, 6.45) is 1.08. The predicted molar refractivity (Wildman–Crippen MR) is 65.7 cm³/mol. The van der Waals surface area contributed by atoms with Crippen LogP contribution < -0.4 is 5.32 Å². The molecule has 0 unspecified atom stereocenters. The zero-order valence-electron chi connectivity index (χ0n) is 9.31.